The highest BCUT2D eigenvalue weighted by Gasteiger charge is 2.43. The average Bonchev–Trinajstić information content (AvgIpc) is 3.97. The molecule has 9 rings (SSSR count). The van der Waals surface area contributed by atoms with Crippen LogP contribution in [0.1, 0.15) is 64.9 Å². The van der Waals surface area contributed by atoms with E-state index in [9.17, 15) is 36.8 Å². The zero-order chi connectivity index (χ0) is 45.1. The van der Waals surface area contributed by atoms with E-state index in [0.717, 1.165) is 67.2 Å². The minimum atomic E-state index is -4.47. The van der Waals surface area contributed by atoms with Crippen LogP contribution in [0.3, 0.4) is 0 Å². The van der Waals surface area contributed by atoms with E-state index in [2.05, 4.69) is 10.2 Å². The van der Waals surface area contributed by atoms with Crippen LogP contribution in [0.4, 0.5) is 8.78 Å². The minimum absolute atomic E-state index is 0.0296. The lowest BCUT2D eigenvalue weighted by Crippen LogP contribution is -2.52. The Labute approximate surface area is 382 Å². The van der Waals surface area contributed by atoms with Gasteiger partial charge in [-0.15, -0.1) is 11.8 Å². The highest BCUT2D eigenvalue weighted by molar-refractivity contribution is 8.02. The number of aromatic nitrogens is 1. The van der Waals surface area contributed by atoms with E-state index in [1.807, 2.05) is 0 Å². The standard InChI is InChI=1S/C44H44Cl2F2N4O10S2/c45-33-22-51(56)23-34(46)32(33)21-36(29-11-12-35(62-44(47)48)37(20-29)59-25-26-9-10-26)60-43(55)41-52(17-18-63-41)64(57,58)31-8-4-7-30(19-31)40(53)49-39(28-5-2-1-3-6-28)42(54)61-38-24-50-15-13-27(38)14-16-50/h1-8,11-12,19-20,22-23,26-27,36,38-39,41,44H,9-10,13-18,21,24-25H2,(H,49,53)/t36-,38+,39?,41-/m0/s1. The van der Waals surface area contributed by atoms with Crippen molar-refractivity contribution in [2.45, 2.75) is 67.2 Å². The summed E-state index contributed by atoms with van der Waals surface area (Å²) in [4.78, 5) is 43.8. The molecule has 4 atom stereocenters. The topological polar surface area (TPSA) is 168 Å². The van der Waals surface area contributed by atoms with Crippen LogP contribution in [0, 0.1) is 17.0 Å². The Morgan fingerprint density at radius 1 is 0.906 bits per heavy atom. The molecule has 20 heteroatoms. The smallest absolute Gasteiger partial charge is 0.387 e. The molecular weight excluding hydrogens is 918 g/mol. The molecule has 1 amide bonds. The molecule has 1 aromatic heterocycles. The molecule has 1 aliphatic carbocycles. The molecule has 340 valence electrons. The van der Waals surface area contributed by atoms with Crippen molar-refractivity contribution in [3.05, 3.63) is 123 Å². The van der Waals surface area contributed by atoms with E-state index < -0.39 is 52.0 Å². The van der Waals surface area contributed by atoms with Crippen molar-refractivity contribution >= 4 is 62.8 Å². The summed E-state index contributed by atoms with van der Waals surface area (Å²) in [6.07, 6.45) is 4.03. The second kappa shape index (κ2) is 19.8. The van der Waals surface area contributed by atoms with Crippen molar-refractivity contribution in [1.82, 2.24) is 14.5 Å². The molecule has 14 nitrogen and oxygen atoms in total. The maximum Gasteiger partial charge on any atom is 0.387 e. The number of halogens is 4. The van der Waals surface area contributed by atoms with Gasteiger partial charge in [0.25, 0.3) is 5.91 Å². The van der Waals surface area contributed by atoms with Crippen LogP contribution in [0.2, 0.25) is 10.0 Å². The van der Waals surface area contributed by atoms with E-state index in [0.29, 0.717) is 16.8 Å². The maximum atomic E-state index is 14.4. The number of thioether (sulfide) groups is 1. The molecule has 4 saturated heterocycles. The van der Waals surface area contributed by atoms with E-state index in [1.54, 1.807) is 30.3 Å². The van der Waals surface area contributed by atoms with Crippen LogP contribution in [0.25, 0.3) is 0 Å². The number of carbonyl (C=O) groups excluding carboxylic acids is 3. The van der Waals surface area contributed by atoms with Crippen molar-refractivity contribution < 1.29 is 55.3 Å². The lowest BCUT2D eigenvalue weighted by atomic mass is 9.86. The quantitative estimate of drug-likeness (QED) is 0.0676. The summed E-state index contributed by atoms with van der Waals surface area (Å²) in [5, 5.41) is 13.3. The van der Waals surface area contributed by atoms with Gasteiger partial charge in [-0.05, 0) is 92.1 Å². The number of ether oxygens (including phenoxy) is 4. The van der Waals surface area contributed by atoms with Crippen LogP contribution >= 0.6 is 35.0 Å². The van der Waals surface area contributed by atoms with Gasteiger partial charge in [0, 0.05) is 36.4 Å². The fraction of sp³-hybridized carbons (Fsp3) is 0.409. The second-order valence-electron chi connectivity index (χ2n) is 16.1. The second-order valence-corrected chi connectivity index (χ2v) is 20.0. The van der Waals surface area contributed by atoms with Gasteiger partial charge in [-0.1, -0.05) is 65.7 Å². The van der Waals surface area contributed by atoms with Gasteiger partial charge in [-0.3, -0.25) is 9.69 Å². The van der Waals surface area contributed by atoms with Gasteiger partial charge in [-0.25, -0.2) is 18.0 Å². The van der Waals surface area contributed by atoms with E-state index in [4.69, 9.17) is 42.1 Å². The van der Waals surface area contributed by atoms with Gasteiger partial charge in [0.1, 0.15) is 22.3 Å². The molecule has 3 aromatic carbocycles. The molecule has 64 heavy (non-hydrogen) atoms. The Bertz CT molecular complexity index is 2460. The number of piperidine rings is 3. The Balaban J connectivity index is 1.02. The molecule has 5 heterocycles. The third-order valence-electron chi connectivity index (χ3n) is 11.7. The summed E-state index contributed by atoms with van der Waals surface area (Å²) in [5.41, 5.74) is 0.912. The number of pyridine rings is 1. The number of fused-ring (bicyclic) bond motifs is 3. The number of hydrogen-bond acceptors (Lipinski definition) is 12. The first-order chi connectivity index (χ1) is 30.7. The number of nitrogens with zero attached hydrogens (tertiary/aromatic N) is 3. The lowest BCUT2D eigenvalue weighted by molar-refractivity contribution is -0.605. The molecule has 5 fully saturated rings. The Hall–Kier alpha value is -4.72. The summed E-state index contributed by atoms with van der Waals surface area (Å²) >= 11 is 13.9. The summed E-state index contributed by atoms with van der Waals surface area (Å²) in [6.45, 7) is -0.479. The number of amides is 1. The van der Waals surface area contributed by atoms with Gasteiger partial charge in [0.05, 0.1) is 11.5 Å². The molecule has 1 unspecified atom stereocenters. The fourth-order valence-electron chi connectivity index (χ4n) is 8.08. The summed E-state index contributed by atoms with van der Waals surface area (Å²) < 4.78 is 79.5. The van der Waals surface area contributed by atoms with Crippen molar-refractivity contribution in [1.29, 1.82) is 0 Å². The van der Waals surface area contributed by atoms with Crippen LogP contribution in [-0.2, 0) is 35.5 Å². The van der Waals surface area contributed by atoms with Gasteiger partial charge in [0.15, 0.2) is 35.3 Å². The predicted molar refractivity (Wildman–Crippen MR) is 232 cm³/mol. The Morgan fingerprint density at radius 2 is 1.64 bits per heavy atom. The molecule has 4 aromatic rings. The first-order valence-electron chi connectivity index (χ1n) is 20.7. The van der Waals surface area contributed by atoms with Crippen molar-refractivity contribution in [2.24, 2.45) is 11.8 Å². The molecule has 2 bridgehead atoms. The summed E-state index contributed by atoms with van der Waals surface area (Å²) in [5.74, 6) is -1.90. The number of benzene rings is 3. The Kier molecular flexibility index (Phi) is 14.2. The van der Waals surface area contributed by atoms with Gasteiger partial charge < -0.3 is 29.5 Å². The predicted octanol–water partition coefficient (Wildman–Crippen LogP) is 6.72. The first kappa shape index (κ1) is 45.8. The molecule has 1 N–H and O–H groups in total. The SMILES string of the molecule is O=C(NC(C(=O)O[C@@H]1CN2CCC1CC2)c1ccccc1)c1cccc(S(=O)(=O)N2CCS[C@H]2C(=O)O[C@@H](Cc2c(Cl)c[n+]([O-])cc2Cl)c2ccc(OC(F)F)c(OCC3CC3)c2)c1. The highest BCUT2D eigenvalue weighted by atomic mass is 35.5. The van der Waals surface area contributed by atoms with Crippen molar-refractivity contribution in [2.75, 3.05) is 38.5 Å². The van der Waals surface area contributed by atoms with Crippen LogP contribution < -0.4 is 19.5 Å². The molecule has 5 aliphatic rings. The van der Waals surface area contributed by atoms with Crippen LogP contribution in [-0.4, -0.2) is 92.1 Å². The number of alkyl halides is 2. The molecule has 4 aliphatic heterocycles. The number of hydrogen-bond donors (Lipinski definition) is 1. The van der Waals surface area contributed by atoms with Crippen molar-refractivity contribution in [3.63, 3.8) is 0 Å². The van der Waals surface area contributed by atoms with E-state index >= 15 is 0 Å². The Morgan fingerprint density at radius 3 is 2.31 bits per heavy atom. The molecular formula is C44H44Cl2F2N4O10S2. The van der Waals surface area contributed by atoms with Gasteiger partial charge in [-0.2, -0.15) is 17.8 Å². The minimum Gasteiger partial charge on any atom is -0.619 e. The number of carbonyl (C=O) groups is 3. The fourth-order valence-corrected chi connectivity index (χ4v) is 11.8. The zero-order valence-corrected chi connectivity index (χ0v) is 37.3. The number of nitrogens with one attached hydrogen (secondary N) is 1. The van der Waals surface area contributed by atoms with Gasteiger partial charge >= 0.3 is 18.6 Å². The summed E-state index contributed by atoms with van der Waals surface area (Å²) in [7, 11) is -4.47. The third kappa shape index (κ3) is 10.7. The third-order valence-corrected chi connectivity index (χ3v) is 15.5. The van der Waals surface area contributed by atoms with Gasteiger partial charge in [0.2, 0.25) is 10.0 Å². The van der Waals surface area contributed by atoms with E-state index in [-0.39, 0.29) is 86.4 Å². The van der Waals surface area contributed by atoms with Crippen LogP contribution in [0.5, 0.6) is 11.5 Å². The van der Waals surface area contributed by atoms with Crippen molar-refractivity contribution in [3.8, 4) is 11.5 Å². The molecule has 0 radical (unpaired) electrons. The monoisotopic (exact) mass is 960 g/mol. The summed E-state index contributed by atoms with van der Waals surface area (Å²) in [6, 6.07) is 16.8. The van der Waals surface area contributed by atoms with Crippen LogP contribution in [0.15, 0.2) is 90.1 Å². The number of esters is 2. The first-order valence-corrected chi connectivity index (χ1v) is 24.0. The number of sulfonamides is 1. The average molecular weight is 962 g/mol. The zero-order valence-electron chi connectivity index (χ0n) is 34.2. The number of rotatable bonds is 17. The molecule has 0 spiro atoms. The maximum absolute atomic E-state index is 14.4. The van der Waals surface area contributed by atoms with E-state index in [1.165, 1.54) is 42.5 Å². The largest absolute Gasteiger partial charge is 0.619 e. The highest BCUT2D eigenvalue weighted by Crippen LogP contribution is 2.40. The molecule has 1 saturated carbocycles. The lowest BCUT2D eigenvalue weighted by Gasteiger charge is -2.44. The normalized spacial score (nSPS) is 21.8.